The molecule has 0 unspecified atom stereocenters. The van der Waals surface area contributed by atoms with Gasteiger partial charge in [0, 0.05) is 17.0 Å². The quantitative estimate of drug-likeness (QED) is 0.811. The first kappa shape index (κ1) is 11.3. The van der Waals surface area contributed by atoms with E-state index in [2.05, 4.69) is 27.3 Å². The Morgan fingerprint density at radius 3 is 2.83 bits per heavy atom. The van der Waals surface area contributed by atoms with Crippen LogP contribution in [-0.2, 0) is 6.42 Å². The molecule has 1 aromatic carbocycles. The Bertz CT molecular complexity index is 545. The lowest BCUT2D eigenvalue weighted by Gasteiger charge is -2.11. The average Bonchev–Trinajstić information content (AvgIpc) is 2.80. The van der Waals surface area contributed by atoms with Crippen LogP contribution in [0, 0.1) is 0 Å². The van der Waals surface area contributed by atoms with E-state index in [1.54, 1.807) is 0 Å². The molecule has 0 saturated carbocycles. The van der Waals surface area contributed by atoms with E-state index in [0.717, 1.165) is 30.9 Å². The first-order valence-electron chi connectivity index (χ1n) is 6.12. The highest BCUT2D eigenvalue weighted by atomic mass is 32.1. The number of para-hydroxylation sites is 1. The highest BCUT2D eigenvalue weighted by Crippen LogP contribution is 2.21. The van der Waals surface area contributed by atoms with Crippen molar-refractivity contribution < 1.29 is 0 Å². The minimum absolute atomic E-state index is 0.889. The summed E-state index contributed by atoms with van der Waals surface area (Å²) in [6.07, 6.45) is 2.26. The van der Waals surface area contributed by atoms with Crippen LogP contribution in [0.4, 0.5) is 5.69 Å². The van der Waals surface area contributed by atoms with Crippen LogP contribution in [0.5, 0.6) is 0 Å². The molecule has 18 heavy (non-hydrogen) atoms. The zero-order chi connectivity index (χ0) is 12.2. The molecule has 0 aliphatic carbocycles. The molecule has 0 fully saturated rings. The number of amidine groups is 1. The van der Waals surface area contributed by atoms with Crippen LogP contribution in [0.3, 0.4) is 0 Å². The van der Waals surface area contributed by atoms with E-state index in [-0.39, 0.29) is 0 Å². The van der Waals surface area contributed by atoms with Gasteiger partial charge in [-0.05, 0) is 36.4 Å². The molecule has 0 spiro atoms. The van der Waals surface area contributed by atoms with Crippen LogP contribution in [0.15, 0.2) is 46.8 Å². The van der Waals surface area contributed by atoms with Crippen molar-refractivity contribution in [2.45, 2.75) is 12.8 Å². The van der Waals surface area contributed by atoms with Crippen molar-refractivity contribution in [2.24, 2.45) is 4.99 Å². The summed E-state index contributed by atoms with van der Waals surface area (Å²) in [7, 11) is 0. The van der Waals surface area contributed by atoms with Gasteiger partial charge < -0.3 is 0 Å². The maximum Gasteiger partial charge on any atom is 0.148 e. The van der Waals surface area contributed by atoms with Crippen molar-refractivity contribution in [2.75, 3.05) is 12.0 Å². The van der Waals surface area contributed by atoms with E-state index in [1.165, 1.54) is 10.4 Å². The van der Waals surface area contributed by atoms with Crippen LogP contribution in [0.2, 0.25) is 0 Å². The van der Waals surface area contributed by atoms with Gasteiger partial charge in [-0.2, -0.15) is 0 Å². The smallest absolute Gasteiger partial charge is 0.148 e. The fourth-order valence-electron chi connectivity index (χ4n) is 2.02. The van der Waals surface area contributed by atoms with Crippen LogP contribution < -0.4 is 10.9 Å². The second-order valence-corrected chi connectivity index (χ2v) is 5.21. The summed E-state index contributed by atoms with van der Waals surface area (Å²) in [4.78, 5) is 6.03. The predicted molar refractivity (Wildman–Crippen MR) is 77.2 cm³/mol. The highest BCUT2D eigenvalue weighted by Gasteiger charge is 2.13. The third-order valence-corrected chi connectivity index (χ3v) is 3.91. The molecular weight excluding hydrogens is 242 g/mol. The first-order chi connectivity index (χ1) is 8.93. The zero-order valence-electron chi connectivity index (χ0n) is 10.0. The van der Waals surface area contributed by atoms with Crippen molar-refractivity contribution in [3.63, 3.8) is 0 Å². The highest BCUT2D eigenvalue weighted by molar-refractivity contribution is 7.10. The molecule has 0 amide bonds. The number of hydrogen-bond donors (Lipinski definition) is 2. The number of hydrogen-bond acceptors (Lipinski definition) is 4. The third-order valence-electron chi connectivity index (χ3n) is 2.93. The standard InChI is InChI=1S/C14H15N3S/c1-2-5-11(6-3-1)16-17-14-12-8-10-18-13(12)7-4-9-15-14/h1-3,5-6,8,10,16H,4,7,9H2,(H,15,17). The zero-order valence-corrected chi connectivity index (χ0v) is 10.8. The molecule has 1 aliphatic rings. The second-order valence-electron chi connectivity index (χ2n) is 4.21. The minimum Gasteiger partial charge on any atom is -0.300 e. The van der Waals surface area contributed by atoms with Gasteiger partial charge in [-0.15, -0.1) is 11.3 Å². The van der Waals surface area contributed by atoms with E-state index < -0.39 is 0 Å². The van der Waals surface area contributed by atoms with Crippen LogP contribution >= 0.6 is 11.3 Å². The normalized spacial score (nSPS) is 14.3. The van der Waals surface area contributed by atoms with Gasteiger partial charge in [0.15, 0.2) is 0 Å². The molecule has 92 valence electrons. The molecule has 0 atom stereocenters. The van der Waals surface area contributed by atoms with Gasteiger partial charge >= 0.3 is 0 Å². The van der Waals surface area contributed by atoms with Crippen LogP contribution in [0.25, 0.3) is 0 Å². The number of hydrazine groups is 1. The summed E-state index contributed by atoms with van der Waals surface area (Å²) < 4.78 is 0. The molecule has 2 heterocycles. The summed E-state index contributed by atoms with van der Waals surface area (Å²) >= 11 is 1.82. The molecule has 4 heteroatoms. The van der Waals surface area contributed by atoms with Gasteiger partial charge in [0.2, 0.25) is 0 Å². The number of aryl methyl sites for hydroxylation is 1. The molecule has 0 saturated heterocycles. The van der Waals surface area contributed by atoms with E-state index in [4.69, 9.17) is 0 Å². The summed E-state index contributed by atoms with van der Waals surface area (Å²) in [6, 6.07) is 12.2. The average molecular weight is 257 g/mol. The van der Waals surface area contributed by atoms with Gasteiger partial charge in [-0.25, -0.2) is 0 Å². The summed E-state index contributed by atoms with van der Waals surface area (Å²) in [6.45, 7) is 0.889. The molecule has 0 bridgehead atoms. The van der Waals surface area contributed by atoms with Crippen molar-refractivity contribution >= 4 is 22.9 Å². The van der Waals surface area contributed by atoms with Crippen molar-refractivity contribution in [3.8, 4) is 0 Å². The number of thiophene rings is 1. The summed E-state index contributed by atoms with van der Waals surface area (Å²) in [5.74, 6) is 0.951. The molecular formula is C14H15N3S. The lowest BCUT2D eigenvalue weighted by molar-refractivity contribution is 0.851. The minimum atomic E-state index is 0.889. The van der Waals surface area contributed by atoms with Gasteiger partial charge in [-0.3, -0.25) is 15.8 Å². The number of fused-ring (bicyclic) bond motifs is 1. The maximum absolute atomic E-state index is 4.60. The largest absolute Gasteiger partial charge is 0.300 e. The monoisotopic (exact) mass is 257 g/mol. The van der Waals surface area contributed by atoms with Crippen molar-refractivity contribution in [1.82, 2.24) is 5.43 Å². The molecule has 0 radical (unpaired) electrons. The van der Waals surface area contributed by atoms with E-state index in [9.17, 15) is 0 Å². The van der Waals surface area contributed by atoms with Crippen LogP contribution in [-0.4, -0.2) is 12.4 Å². The third kappa shape index (κ3) is 2.38. The first-order valence-corrected chi connectivity index (χ1v) is 7.00. The Morgan fingerprint density at radius 2 is 1.94 bits per heavy atom. The maximum atomic E-state index is 4.60. The van der Waals surface area contributed by atoms with Crippen molar-refractivity contribution in [1.29, 1.82) is 0 Å². The lowest BCUT2D eigenvalue weighted by Crippen LogP contribution is -2.30. The van der Waals surface area contributed by atoms with E-state index in [0.29, 0.717) is 0 Å². The lowest BCUT2D eigenvalue weighted by atomic mass is 10.2. The Balaban J connectivity index is 1.75. The Kier molecular flexibility index (Phi) is 3.28. The number of anilines is 1. The second kappa shape index (κ2) is 5.23. The Hall–Kier alpha value is -1.81. The fourth-order valence-corrected chi connectivity index (χ4v) is 2.94. The number of benzene rings is 1. The van der Waals surface area contributed by atoms with Gasteiger partial charge in [0.1, 0.15) is 5.84 Å². The molecule has 1 aromatic heterocycles. The molecule has 2 N–H and O–H groups in total. The Morgan fingerprint density at radius 1 is 1.06 bits per heavy atom. The topological polar surface area (TPSA) is 36.4 Å². The summed E-state index contributed by atoms with van der Waals surface area (Å²) in [5, 5.41) is 2.13. The van der Waals surface area contributed by atoms with Gasteiger partial charge in [0.05, 0.1) is 5.69 Å². The molecule has 3 rings (SSSR count). The number of nitrogens with one attached hydrogen (secondary N) is 2. The molecule has 1 aliphatic heterocycles. The van der Waals surface area contributed by atoms with Crippen LogP contribution in [0.1, 0.15) is 16.9 Å². The molecule has 2 aromatic rings. The predicted octanol–water partition coefficient (Wildman–Crippen LogP) is 3.06. The van der Waals surface area contributed by atoms with E-state index in [1.807, 2.05) is 41.7 Å². The number of nitrogens with zero attached hydrogens (tertiary/aromatic N) is 1. The Labute approximate surface area is 111 Å². The summed E-state index contributed by atoms with van der Waals surface area (Å²) in [5.41, 5.74) is 8.70. The number of rotatable bonds is 2. The van der Waals surface area contributed by atoms with Gasteiger partial charge in [-0.1, -0.05) is 18.2 Å². The van der Waals surface area contributed by atoms with Crippen molar-refractivity contribution in [3.05, 3.63) is 52.2 Å². The fraction of sp³-hybridized carbons (Fsp3) is 0.214. The molecule has 3 nitrogen and oxygen atoms in total. The van der Waals surface area contributed by atoms with Gasteiger partial charge in [0.25, 0.3) is 0 Å². The van der Waals surface area contributed by atoms with E-state index >= 15 is 0 Å². The SMILES string of the molecule is c1ccc(NNC2=NCCCc3sccc32)cc1. The number of aliphatic imine (C=N–C) groups is 1.